The molecule has 3 aliphatic rings. The van der Waals surface area contributed by atoms with E-state index in [-0.39, 0.29) is 12.4 Å². The quantitative estimate of drug-likeness (QED) is 0.789. The number of nitrogens with zero attached hydrogens (tertiary/aromatic N) is 5. The average molecular weight is 394 g/mol. The number of carbonyl (C=O) groups is 1. The molecule has 1 aromatic rings. The van der Waals surface area contributed by atoms with Gasteiger partial charge in [-0.05, 0) is 52.0 Å². The van der Waals surface area contributed by atoms with E-state index in [1.54, 1.807) is 0 Å². The molecule has 7 heteroatoms. The second-order valence-corrected chi connectivity index (χ2v) is 8.16. The summed E-state index contributed by atoms with van der Waals surface area (Å²) in [4.78, 5) is 28.7. The first-order valence-electron chi connectivity index (χ1n) is 10.2. The predicted octanol–water partition coefficient (Wildman–Crippen LogP) is 2.43. The second-order valence-electron chi connectivity index (χ2n) is 8.16. The molecule has 150 valence electrons. The Morgan fingerprint density at radius 3 is 2.22 bits per heavy atom. The maximum absolute atomic E-state index is 12.3. The van der Waals surface area contributed by atoms with Gasteiger partial charge in [-0.1, -0.05) is 0 Å². The molecule has 1 saturated carbocycles. The SMILES string of the molecule is Cc1cc(C)nc(N2CCC(N3CCCN(C(=O)C4CC4)CC3)CC2)n1.Cl. The Kier molecular flexibility index (Phi) is 6.58. The van der Waals surface area contributed by atoms with Crippen LogP contribution in [0.5, 0.6) is 0 Å². The summed E-state index contributed by atoms with van der Waals surface area (Å²) < 4.78 is 0. The van der Waals surface area contributed by atoms with E-state index in [1.165, 1.54) is 0 Å². The summed E-state index contributed by atoms with van der Waals surface area (Å²) in [5.74, 6) is 1.65. The molecule has 0 bridgehead atoms. The van der Waals surface area contributed by atoms with Crippen molar-refractivity contribution in [2.24, 2.45) is 5.92 Å². The Balaban J connectivity index is 0.00000210. The third kappa shape index (κ3) is 4.91. The van der Waals surface area contributed by atoms with Gasteiger partial charge in [-0.25, -0.2) is 9.97 Å². The highest BCUT2D eigenvalue weighted by Crippen LogP contribution is 2.31. The van der Waals surface area contributed by atoms with Crippen molar-refractivity contribution in [2.75, 3.05) is 44.2 Å². The monoisotopic (exact) mass is 393 g/mol. The van der Waals surface area contributed by atoms with Gasteiger partial charge >= 0.3 is 0 Å². The van der Waals surface area contributed by atoms with Crippen LogP contribution >= 0.6 is 12.4 Å². The summed E-state index contributed by atoms with van der Waals surface area (Å²) in [6, 6.07) is 2.66. The lowest BCUT2D eigenvalue weighted by atomic mass is 10.0. The van der Waals surface area contributed by atoms with Gasteiger partial charge in [-0.15, -0.1) is 12.4 Å². The van der Waals surface area contributed by atoms with Crippen LogP contribution in [0.2, 0.25) is 0 Å². The summed E-state index contributed by atoms with van der Waals surface area (Å²) in [7, 11) is 0. The number of rotatable bonds is 3. The highest BCUT2D eigenvalue weighted by atomic mass is 35.5. The Morgan fingerprint density at radius 1 is 0.926 bits per heavy atom. The van der Waals surface area contributed by atoms with Gasteiger partial charge in [0.25, 0.3) is 0 Å². The minimum Gasteiger partial charge on any atom is -0.341 e. The largest absolute Gasteiger partial charge is 0.341 e. The molecule has 0 aromatic carbocycles. The van der Waals surface area contributed by atoms with Crippen molar-refractivity contribution in [2.45, 2.75) is 52.0 Å². The minimum absolute atomic E-state index is 0. The molecule has 2 saturated heterocycles. The molecule has 3 fully saturated rings. The van der Waals surface area contributed by atoms with Crippen LogP contribution in [0.25, 0.3) is 0 Å². The maximum atomic E-state index is 12.3. The van der Waals surface area contributed by atoms with E-state index in [9.17, 15) is 4.79 Å². The summed E-state index contributed by atoms with van der Waals surface area (Å²) in [6.45, 7) is 10.1. The van der Waals surface area contributed by atoms with Gasteiger partial charge in [0.2, 0.25) is 11.9 Å². The number of halogens is 1. The number of aryl methyl sites for hydroxylation is 2. The molecular formula is C20H32ClN5O. The Bertz CT molecular complexity index is 638. The summed E-state index contributed by atoms with van der Waals surface area (Å²) >= 11 is 0. The number of piperidine rings is 1. The molecule has 2 aliphatic heterocycles. The van der Waals surface area contributed by atoms with Gasteiger partial charge in [0.1, 0.15) is 0 Å². The van der Waals surface area contributed by atoms with Crippen LogP contribution < -0.4 is 4.90 Å². The van der Waals surface area contributed by atoms with E-state index in [2.05, 4.69) is 24.7 Å². The highest BCUT2D eigenvalue weighted by Gasteiger charge is 2.35. The smallest absolute Gasteiger partial charge is 0.225 e. The van der Waals surface area contributed by atoms with E-state index >= 15 is 0 Å². The zero-order chi connectivity index (χ0) is 18.1. The Morgan fingerprint density at radius 2 is 1.59 bits per heavy atom. The maximum Gasteiger partial charge on any atom is 0.225 e. The first kappa shape index (κ1) is 20.3. The Hall–Kier alpha value is -1.40. The van der Waals surface area contributed by atoms with E-state index in [0.29, 0.717) is 17.9 Å². The van der Waals surface area contributed by atoms with Crippen molar-refractivity contribution in [1.29, 1.82) is 0 Å². The van der Waals surface area contributed by atoms with Crippen LogP contribution in [-0.4, -0.2) is 71.0 Å². The van der Waals surface area contributed by atoms with Crippen molar-refractivity contribution >= 4 is 24.3 Å². The van der Waals surface area contributed by atoms with Crippen molar-refractivity contribution in [3.05, 3.63) is 17.5 Å². The van der Waals surface area contributed by atoms with Gasteiger partial charge in [-0.2, -0.15) is 0 Å². The lowest BCUT2D eigenvalue weighted by Gasteiger charge is -2.38. The van der Waals surface area contributed by atoms with E-state index in [4.69, 9.17) is 0 Å². The molecule has 0 N–H and O–H groups in total. The lowest BCUT2D eigenvalue weighted by Crippen LogP contribution is -2.47. The molecule has 3 heterocycles. The second kappa shape index (κ2) is 8.74. The van der Waals surface area contributed by atoms with Crippen LogP contribution in [0.1, 0.15) is 43.5 Å². The molecule has 27 heavy (non-hydrogen) atoms. The van der Waals surface area contributed by atoms with E-state index < -0.39 is 0 Å². The number of carbonyl (C=O) groups excluding carboxylic acids is 1. The van der Waals surface area contributed by atoms with Crippen LogP contribution in [0.4, 0.5) is 5.95 Å². The normalized spacial score (nSPS) is 22.3. The third-order valence-electron chi connectivity index (χ3n) is 6.00. The predicted molar refractivity (Wildman–Crippen MR) is 109 cm³/mol. The van der Waals surface area contributed by atoms with Gasteiger partial charge < -0.3 is 9.80 Å². The standard InChI is InChI=1S/C20H31N5O.ClH/c1-15-14-16(2)22-20(21-15)25-10-6-18(7-11-25)23-8-3-9-24(13-12-23)19(26)17-4-5-17;/h14,17-18H,3-13H2,1-2H3;1H. The van der Waals surface area contributed by atoms with E-state index in [1.807, 2.05) is 19.9 Å². The zero-order valence-corrected chi connectivity index (χ0v) is 17.4. The van der Waals surface area contributed by atoms with Crippen molar-refractivity contribution in [3.8, 4) is 0 Å². The molecule has 0 spiro atoms. The first-order valence-corrected chi connectivity index (χ1v) is 10.2. The van der Waals surface area contributed by atoms with Crippen LogP contribution in [0, 0.1) is 19.8 Å². The van der Waals surface area contributed by atoms with Gasteiger partial charge in [0.15, 0.2) is 0 Å². The summed E-state index contributed by atoms with van der Waals surface area (Å²) in [5.41, 5.74) is 2.09. The number of amides is 1. The number of hydrogen-bond donors (Lipinski definition) is 0. The van der Waals surface area contributed by atoms with Gasteiger partial charge in [0, 0.05) is 62.6 Å². The molecule has 1 aliphatic carbocycles. The lowest BCUT2D eigenvalue weighted by molar-refractivity contribution is -0.132. The Labute approximate surface area is 168 Å². The van der Waals surface area contributed by atoms with Crippen molar-refractivity contribution in [3.63, 3.8) is 0 Å². The summed E-state index contributed by atoms with van der Waals surface area (Å²) in [6.07, 6.45) is 5.65. The fourth-order valence-electron chi connectivity index (χ4n) is 4.39. The molecule has 4 rings (SSSR count). The average Bonchev–Trinajstić information content (AvgIpc) is 3.47. The van der Waals surface area contributed by atoms with Crippen LogP contribution in [0.15, 0.2) is 6.07 Å². The van der Waals surface area contributed by atoms with Crippen molar-refractivity contribution in [1.82, 2.24) is 19.8 Å². The fourth-order valence-corrected chi connectivity index (χ4v) is 4.39. The zero-order valence-electron chi connectivity index (χ0n) is 16.6. The van der Waals surface area contributed by atoms with Crippen LogP contribution in [0.3, 0.4) is 0 Å². The minimum atomic E-state index is 0. The van der Waals surface area contributed by atoms with Gasteiger partial charge in [-0.3, -0.25) is 9.69 Å². The number of anilines is 1. The first-order chi connectivity index (χ1) is 12.6. The summed E-state index contributed by atoms with van der Waals surface area (Å²) in [5, 5.41) is 0. The third-order valence-corrected chi connectivity index (χ3v) is 6.00. The molecule has 1 amide bonds. The molecule has 0 atom stereocenters. The molecular weight excluding hydrogens is 362 g/mol. The molecule has 1 aromatic heterocycles. The molecule has 0 radical (unpaired) electrons. The fraction of sp³-hybridized carbons (Fsp3) is 0.750. The highest BCUT2D eigenvalue weighted by molar-refractivity contribution is 5.85. The van der Waals surface area contributed by atoms with Crippen molar-refractivity contribution < 1.29 is 4.79 Å². The topological polar surface area (TPSA) is 52.6 Å². The number of hydrogen-bond acceptors (Lipinski definition) is 5. The van der Waals surface area contributed by atoms with E-state index in [0.717, 1.165) is 88.7 Å². The molecule has 6 nitrogen and oxygen atoms in total. The van der Waals surface area contributed by atoms with Gasteiger partial charge in [0.05, 0.1) is 0 Å². The number of aromatic nitrogens is 2. The van der Waals surface area contributed by atoms with Crippen LogP contribution in [-0.2, 0) is 4.79 Å². The molecule has 0 unspecified atom stereocenters.